The van der Waals surface area contributed by atoms with Crippen LogP contribution in [-0.2, 0) is 6.18 Å². The minimum absolute atomic E-state index is 0.109. The largest absolute Gasteiger partial charge is 0.416 e. The van der Waals surface area contributed by atoms with Crippen LogP contribution >= 0.6 is 11.5 Å². The van der Waals surface area contributed by atoms with E-state index in [9.17, 15) is 13.2 Å². The van der Waals surface area contributed by atoms with E-state index in [1.54, 1.807) is 0 Å². The van der Waals surface area contributed by atoms with Gasteiger partial charge in [0.15, 0.2) is 0 Å². The van der Waals surface area contributed by atoms with E-state index < -0.39 is 11.7 Å². The number of nitrogens with zero attached hydrogens (tertiary/aromatic N) is 2. The Morgan fingerprint density at radius 2 is 1.87 bits per heavy atom. The van der Waals surface area contributed by atoms with Crippen LogP contribution in [0.5, 0.6) is 0 Å². The van der Waals surface area contributed by atoms with Crippen molar-refractivity contribution >= 4 is 21.6 Å². The Kier molecular flexibility index (Phi) is 5.92. The van der Waals surface area contributed by atoms with Gasteiger partial charge in [-0.1, -0.05) is 49.0 Å². The van der Waals surface area contributed by atoms with Crippen molar-refractivity contribution in [2.45, 2.75) is 37.4 Å². The van der Waals surface area contributed by atoms with Gasteiger partial charge >= 0.3 is 6.18 Å². The Labute approximate surface area is 184 Å². The minimum Gasteiger partial charge on any atom is -0.287 e. The molecule has 0 radical (unpaired) electrons. The molecule has 1 aliphatic rings. The molecule has 0 atom stereocenters. The van der Waals surface area contributed by atoms with Crippen LogP contribution in [0.15, 0.2) is 55.1 Å². The molecule has 1 heterocycles. The zero-order chi connectivity index (χ0) is 22.1. The number of hydrogen-bond donors (Lipinski definition) is 0. The second-order valence-electron chi connectivity index (χ2n) is 7.98. The van der Waals surface area contributed by atoms with E-state index in [-0.39, 0.29) is 5.54 Å². The summed E-state index contributed by atoms with van der Waals surface area (Å²) >= 11 is 1.34. The van der Waals surface area contributed by atoms with Gasteiger partial charge in [-0.2, -0.15) is 17.5 Å². The van der Waals surface area contributed by atoms with Crippen molar-refractivity contribution in [1.82, 2.24) is 9.27 Å². The van der Waals surface area contributed by atoms with E-state index in [0.717, 1.165) is 47.2 Å². The Morgan fingerprint density at radius 1 is 1.16 bits per heavy atom. The van der Waals surface area contributed by atoms with Crippen LogP contribution in [0.1, 0.15) is 36.8 Å². The molecule has 1 saturated carbocycles. The van der Waals surface area contributed by atoms with Crippen LogP contribution in [0.4, 0.5) is 13.2 Å². The van der Waals surface area contributed by atoms with Crippen molar-refractivity contribution in [1.29, 1.82) is 0 Å². The summed E-state index contributed by atoms with van der Waals surface area (Å²) in [6, 6.07) is 11.1. The molecule has 1 aromatic heterocycles. The fraction of sp³-hybridized carbons (Fsp3) is 0.320. The summed E-state index contributed by atoms with van der Waals surface area (Å²) in [5, 5.41) is 0.926. The van der Waals surface area contributed by atoms with E-state index in [0.29, 0.717) is 11.3 Å². The summed E-state index contributed by atoms with van der Waals surface area (Å²) in [5.41, 5.74) is 1.53. The monoisotopic (exact) mass is 440 g/mol. The lowest BCUT2D eigenvalue weighted by molar-refractivity contribution is -0.137. The van der Waals surface area contributed by atoms with Gasteiger partial charge in [-0.15, -0.1) is 6.58 Å². The van der Waals surface area contributed by atoms with Gasteiger partial charge in [-0.3, -0.25) is 4.90 Å². The topological polar surface area (TPSA) is 16.1 Å². The predicted molar refractivity (Wildman–Crippen MR) is 121 cm³/mol. The maximum absolute atomic E-state index is 12.8. The molecule has 0 unspecified atom stereocenters. The number of hydrogen-bond acceptors (Lipinski definition) is 3. The molecule has 0 amide bonds. The molecule has 0 spiro atoms. The molecule has 3 aromatic rings. The normalized spacial score (nSPS) is 15.8. The minimum atomic E-state index is -4.34. The van der Waals surface area contributed by atoms with E-state index in [4.69, 9.17) is 0 Å². The highest BCUT2D eigenvalue weighted by Gasteiger charge is 2.35. The molecule has 0 bridgehead atoms. The van der Waals surface area contributed by atoms with Crippen LogP contribution in [0.3, 0.4) is 0 Å². The first-order chi connectivity index (χ1) is 14.8. The molecule has 0 aliphatic heterocycles. The van der Waals surface area contributed by atoms with Crippen LogP contribution < -0.4 is 0 Å². The third kappa shape index (κ3) is 4.39. The number of likely N-dealkylation sites (N-methyl/N-ethyl adjacent to an activating group) is 1. The van der Waals surface area contributed by atoms with Crippen LogP contribution in [0, 0.1) is 11.8 Å². The zero-order valence-corrected chi connectivity index (χ0v) is 18.1. The fourth-order valence-electron chi connectivity index (χ4n) is 4.16. The first kappa shape index (κ1) is 21.6. The van der Waals surface area contributed by atoms with Gasteiger partial charge in [0.1, 0.15) is 0 Å². The van der Waals surface area contributed by atoms with E-state index in [1.807, 2.05) is 24.3 Å². The molecule has 2 nitrogen and oxygen atoms in total. The second kappa shape index (κ2) is 8.49. The molecule has 4 rings (SSSR count). The third-order valence-electron chi connectivity index (χ3n) is 5.96. The van der Waals surface area contributed by atoms with E-state index in [2.05, 4.69) is 34.7 Å². The summed E-state index contributed by atoms with van der Waals surface area (Å²) in [7, 11) is 2.10. The average Bonchev–Trinajstić information content (AvgIpc) is 3.39. The summed E-state index contributed by atoms with van der Waals surface area (Å²) in [4.78, 5) is 2.29. The molecule has 160 valence electrons. The Hall–Kier alpha value is -2.62. The molecular formula is C25H23F3N2S. The summed E-state index contributed by atoms with van der Waals surface area (Å²) in [5.74, 6) is 6.89. The van der Waals surface area contributed by atoms with Crippen LogP contribution in [0.25, 0.3) is 21.3 Å². The number of fused-ring (bicyclic) bond motifs is 1. The van der Waals surface area contributed by atoms with Crippen molar-refractivity contribution in [2.75, 3.05) is 13.6 Å². The lowest BCUT2D eigenvalue weighted by atomic mass is 9.95. The smallest absolute Gasteiger partial charge is 0.287 e. The third-order valence-corrected chi connectivity index (χ3v) is 6.77. The van der Waals surface area contributed by atoms with Gasteiger partial charge in [-0.05, 0) is 55.7 Å². The molecule has 1 aliphatic carbocycles. The maximum atomic E-state index is 12.8. The Morgan fingerprint density at radius 3 is 2.52 bits per heavy atom. The molecule has 0 N–H and O–H groups in total. The zero-order valence-electron chi connectivity index (χ0n) is 17.3. The summed E-state index contributed by atoms with van der Waals surface area (Å²) < 4.78 is 44.0. The van der Waals surface area contributed by atoms with Gasteiger partial charge in [0, 0.05) is 23.1 Å². The molecular weight excluding hydrogens is 417 g/mol. The molecule has 0 saturated heterocycles. The fourth-order valence-corrected chi connectivity index (χ4v) is 5.00. The Balaban J connectivity index is 1.63. The second-order valence-corrected chi connectivity index (χ2v) is 8.78. The van der Waals surface area contributed by atoms with Gasteiger partial charge in [0.2, 0.25) is 0 Å². The molecule has 1 fully saturated rings. The van der Waals surface area contributed by atoms with Gasteiger partial charge in [0.05, 0.1) is 21.5 Å². The molecule has 2 aromatic carbocycles. The number of alkyl halides is 3. The SMILES string of the molecule is C=CCN(C)C1(C#Cc2ccc3c(-c4ccc(C(F)(F)F)cc4)nsc3c2)CCCC1. The number of rotatable bonds is 4. The first-order valence-corrected chi connectivity index (χ1v) is 11.0. The quantitative estimate of drug-likeness (QED) is 0.329. The lowest BCUT2D eigenvalue weighted by Crippen LogP contribution is -2.43. The van der Waals surface area contributed by atoms with Gasteiger partial charge in [-0.25, -0.2) is 0 Å². The van der Waals surface area contributed by atoms with Crippen LogP contribution in [-0.4, -0.2) is 28.4 Å². The van der Waals surface area contributed by atoms with E-state index >= 15 is 0 Å². The van der Waals surface area contributed by atoms with Crippen molar-refractivity contribution in [3.8, 4) is 23.1 Å². The van der Waals surface area contributed by atoms with Gasteiger partial charge in [0.25, 0.3) is 0 Å². The number of halogens is 3. The van der Waals surface area contributed by atoms with Crippen molar-refractivity contribution in [3.63, 3.8) is 0 Å². The number of aromatic nitrogens is 1. The highest BCUT2D eigenvalue weighted by molar-refractivity contribution is 7.13. The van der Waals surface area contributed by atoms with Crippen LogP contribution in [0.2, 0.25) is 0 Å². The predicted octanol–water partition coefficient (Wildman–Crippen LogP) is 6.76. The average molecular weight is 441 g/mol. The number of benzene rings is 2. The molecule has 31 heavy (non-hydrogen) atoms. The Bertz CT molecular complexity index is 1140. The highest BCUT2D eigenvalue weighted by atomic mass is 32.1. The lowest BCUT2D eigenvalue weighted by Gasteiger charge is -2.33. The van der Waals surface area contributed by atoms with Crippen molar-refractivity contribution in [3.05, 3.63) is 66.2 Å². The van der Waals surface area contributed by atoms with Crippen molar-refractivity contribution in [2.24, 2.45) is 0 Å². The molecule has 6 heteroatoms. The van der Waals surface area contributed by atoms with E-state index in [1.165, 1.54) is 36.5 Å². The summed E-state index contributed by atoms with van der Waals surface area (Å²) in [6.45, 7) is 4.65. The standard InChI is InChI=1S/C25H23F3N2S/c1-3-16-30(2)24(13-4-5-14-24)15-12-18-6-11-21-22(17-18)31-29-23(21)19-7-9-20(10-8-19)25(26,27)28/h3,6-11,17H,1,4-5,13-14,16H2,2H3. The van der Waals surface area contributed by atoms with Crippen molar-refractivity contribution < 1.29 is 13.2 Å². The highest BCUT2D eigenvalue weighted by Crippen LogP contribution is 2.36. The maximum Gasteiger partial charge on any atom is 0.416 e. The van der Waals surface area contributed by atoms with Gasteiger partial charge < -0.3 is 0 Å². The first-order valence-electron chi connectivity index (χ1n) is 10.2. The summed E-state index contributed by atoms with van der Waals surface area (Å²) in [6.07, 6.45) is 2.05.